The van der Waals surface area contributed by atoms with E-state index in [4.69, 9.17) is 9.47 Å². The molecule has 8 nitrogen and oxygen atoms in total. The molecule has 0 aliphatic heterocycles. The number of aryl methyl sites for hydroxylation is 2. The standard InChI is InChI=1S/C32H50N4O4/c1-39-29-15-7-5-13-27(29)17-19-31(37)35-25-11-23-33-21-9-3-4-10-22-34-24-12-26-36-32(38)20-18-28-14-6-8-16-30(28)40-2/h5-8,13-16,33-34H,3-4,9-12,17-26H2,1-2H3,(H,35,37)(H,36,38). The number of nitrogens with one attached hydrogen (secondary N) is 4. The van der Waals surface area contributed by atoms with Gasteiger partial charge in [0.25, 0.3) is 0 Å². The van der Waals surface area contributed by atoms with E-state index in [9.17, 15) is 9.59 Å². The number of hydrogen-bond donors (Lipinski definition) is 4. The van der Waals surface area contributed by atoms with Crippen molar-refractivity contribution in [2.75, 3.05) is 53.5 Å². The lowest BCUT2D eigenvalue weighted by molar-refractivity contribution is -0.121. The Morgan fingerprint density at radius 2 is 0.950 bits per heavy atom. The Hall–Kier alpha value is -3.10. The Labute approximate surface area is 241 Å². The van der Waals surface area contributed by atoms with Crippen LogP contribution in [-0.4, -0.2) is 65.3 Å². The van der Waals surface area contributed by atoms with Crippen molar-refractivity contribution in [1.29, 1.82) is 0 Å². The number of unbranched alkanes of at least 4 members (excludes halogenated alkanes) is 3. The van der Waals surface area contributed by atoms with Gasteiger partial charge in [0, 0.05) is 25.9 Å². The molecule has 2 rings (SSSR count). The molecule has 0 aliphatic rings. The summed E-state index contributed by atoms with van der Waals surface area (Å²) in [7, 11) is 3.31. The van der Waals surface area contributed by atoms with E-state index < -0.39 is 0 Å². The summed E-state index contributed by atoms with van der Waals surface area (Å²) in [6.45, 7) is 5.29. The van der Waals surface area contributed by atoms with Crippen LogP contribution in [-0.2, 0) is 22.4 Å². The highest BCUT2D eigenvalue weighted by atomic mass is 16.5. The van der Waals surface area contributed by atoms with E-state index in [-0.39, 0.29) is 11.8 Å². The molecule has 0 saturated carbocycles. The molecule has 0 fully saturated rings. The van der Waals surface area contributed by atoms with Crippen LogP contribution in [0.4, 0.5) is 0 Å². The Morgan fingerprint density at radius 1 is 0.550 bits per heavy atom. The lowest BCUT2D eigenvalue weighted by Gasteiger charge is -2.09. The zero-order valence-electron chi connectivity index (χ0n) is 24.6. The molecule has 0 atom stereocenters. The van der Waals surface area contributed by atoms with Crippen molar-refractivity contribution in [1.82, 2.24) is 21.3 Å². The smallest absolute Gasteiger partial charge is 0.220 e. The van der Waals surface area contributed by atoms with E-state index in [1.165, 1.54) is 25.7 Å². The second kappa shape index (κ2) is 21.7. The Bertz CT molecular complexity index is 892. The van der Waals surface area contributed by atoms with Crippen molar-refractivity contribution >= 4 is 11.8 Å². The molecule has 0 aliphatic carbocycles. The number of carbonyl (C=O) groups excluding carboxylic acids is 2. The highest BCUT2D eigenvalue weighted by Gasteiger charge is 2.07. The molecular weight excluding hydrogens is 504 g/mol. The van der Waals surface area contributed by atoms with Gasteiger partial charge in [0.1, 0.15) is 11.5 Å². The highest BCUT2D eigenvalue weighted by molar-refractivity contribution is 5.76. The molecule has 0 radical (unpaired) electrons. The molecule has 8 heteroatoms. The van der Waals surface area contributed by atoms with E-state index in [0.29, 0.717) is 38.8 Å². The molecule has 2 amide bonds. The number of hydrogen-bond acceptors (Lipinski definition) is 6. The van der Waals surface area contributed by atoms with Crippen LogP contribution >= 0.6 is 0 Å². The molecule has 222 valence electrons. The van der Waals surface area contributed by atoms with E-state index >= 15 is 0 Å². The van der Waals surface area contributed by atoms with Crippen molar-refractivity contribution < 1.29 is 19.1 Å². The van der Waals surface area contributed by atoms with Gasteiger partial charge in [0.2, 0.25) is 11.8 Å². The van der Waals surface area contributed by atoms with Crippen molar-refractivity contribution in [3.63, 3.8) is 0 Å². The second-order valence-corrected chi connectivity index (χ2v) is 9.94. The summed E-state index contributed by atoms with van der Waals surface area (Å²) in [6, 6.07) is 15.7. The molecule has 2 aromatic rings. The largest absolute Gasteiger partial charge is 0.496 e. The fourth-order valence-electron chi connectivity index (χ4n) is 4.48. The van der Waals surface area contributed by atoms with Gasteiger partial charge in [-0.25, -0.2) is 0 Å². The van der Waals surface area contributed by atoms with Crippen LogP contribution in [0.5, 0.6) is 11.5 Å². The van der Waals surface area contributed by atoms with Crippen LogP contribution in [0.3, 0.4) is 0 Å². The number of para-hydroxylation sites is 2. The van der Waals surface area contributed by atoms with Gasteiger partial charge in [-0.3, -0.25) is 9.59 Å². The fraction of sp³-hybridized carbons (Fsp3) is 0.562. The van der Waals surface area contributed by atoms with Crippen molar-refractivity contribution in [2.45, 2.75) is 64.2 Å². The van der Waals surface area contributed by atoms with Gasteiger partial charge in [-0.05, 0) is 88.0 Å². The summed E-state index contributed by atoms with van der Waals surface area (Å²) in [5.74, 6) is 1.85. The SMILES string of the molecule is COc1ccccc1CCC(=O)NCCCNCCCCCCNCCCNC(=O)CCc1ccccc1OC. The first-order chi connectivity index (χ1) is 19.6. The lowest BCUT2D eigenvalue weighted by atomic mass is 10.1. The molecule has 0 spiro atoms. The average molecular weight is 555 g/mol. The third kappa shape index (κ3) is 14.9. The topological polar surface area (TPSA) is 101 Å². The number of amides is 2. The molecular formula is C32H50N4O4. The fourth-order valence-corrected chi connectivity index (χ4v) is 4.48. The molecule has 0 saturated heterocycles. The monoisotopic (exact) mass is 554 g/mol. The molecule has 40 heavy (non-hydrogen) atoms. The van der Waals surface area contributed by atoms with Gasteiger partial charge in [0.15, 0.2) is 0 Å². The number of benzene rings is 2. The predicted molar refractivity (Wildman–Crippen MR) is 162 cm³/mol. The van der Waals surface area contributed by atoms with Gasteiger partial charge >= 0.3 is 0 Å². The quantitative estimate of drug-likeness (QED) is 0.155. The summed E-state index contributed by atoms with van der Waals surface area (Å²) < 4.78 is 10.7. The summed E-state index contributed by atoms with van der Waals surface area (Å²) >= 11 is 0. The molecule has 0 aromatic heterocycles. The van der Waals surface area contributed by atoms with Crippen LogP contribution in [0.1, 0.15) is 62.5 Å². The Balaban J connectivity index is 1.30. The van der Waals surface area contributed by atoms with Gasteiger partial charge in [-0.15, -0.1) is 0 Å². The van der Waals surface area contributed by atoms with E-state index in [1.807, 2.05) is 48.5 Å². The molecule has 4 N–H and O–H groups in total. The van der Waals surface area contributed by atoms with Crippen molar-refractivity contribution in [2.24, 2.45) is 0 Å². The minimum atomic E-state index is 0.0875. The molecule has 2 aromatic carbocycles. The van der Waals surface area contributed by atoms with Crippen molar-refractivity contribution in [3.05, 3.63) is 59.7 Å². The van der Waals surface area contributed by atoms with Gasteiger partial charge < -0.3 is 30.7 Å². The normalized spacial score (nSPS) is 10.8. The number of ether oxygens (including phenoxy) is 2. The van der Waals surface area contributed by atoms with Crippen LogP contribution in [0.25, 0.3) is 0 Å². The Morgan fingerprint density at radius 3 is 1.38 bits per heavy atom. The number of rotatable bonds is 23. The lowest BCUT2D eigenvalue weighted by Crippen LogP contribution is -2.28. The first kappa shape index (κ1) is 33.1. The third-order valence-corrected chi connectivity index (χ3v) is 6.79. The number of carbonyl (C=O) groups is 2. The summed E-state index contributed by atoms with van der Waals surface area (Å²) in [5, 5.41) is 12.9. The van der Waals surface area contributed by atoms with E-state index in [1.54, 1.807) is 14.2 Å². The maximum Gasteiger partial charge on any atom is 0.220 e. The van der Waals surface area contributed by atoms with Gasteiger partial charge in [-0.2, -0.15) is 0 Å². The zero-order valence-corrected chi connectivity index (χ0v) is 24.6. The van der Waals surface area contributed by atoms with Crippen molar-refractivity contribution in [3.8, 4) is 11.5 Å². The first-order valence-corrected chi connectivity index (χ1v) is 14.8. The van der Waals surface area contributed by atoms with Crippen LogP contribution < -0.4 is 30.7 Å². The maximum absolute atomic E-state index is 12.1. The molecule has 0 bridgehead atoms. The van der Waals surface area contributed by atoms with E-state index in [2.05, 4.69) is 21.3 Å². The molecule has 0 unspecified atom stereocenters. The summed E-state index contributed by atoms with van der Waals surface area (Å²) in [6.07, 6.45) is 8.99. The Kier molecular flexibility index (Phi) is 18.0. The average Bonchev–Trinajstić information content (AvgIpc) is 2.98. The van der Waals surface area contributed by atoms with Crippen LogP contribution in [0.15, 0.2) is 48.5 Å². The minimum absolute atomic E-state index is 0.0875. The second-order valence-electron chi connectivity index (χ2n) is 9.94. The van der Waals surface area contributed by atoms with Gasteiger partial charge in [0.05, 0.1) is 14.2 Å². The maximum atomic E-state index is 12.1. The van der Waals surface area contributed by atoms with Gasteiger partial charge in [-0.1, -0.05) is 49.2 Å². The predicted octanol–water partition coefficient (Wildman–Crippen LogP) is 4.02. The third-order valence-electron chi connectivity index (χ3n) is 6.79. The van der Waals surface area contributed by atoms with Crippen LogP contribution in [0, 0.1) is 0 Å². The highest BCUT2D eigenvalue weighted by Crippen LogP contribution is 2.19. The zero-order chi connectivity index (χ0) is 28.7. The summed E-state index contributed by atoms with van der Waals surface area (Å²) in [4.78, 5) is 24.1. The summed E-state index contributed by atoms with van der Waals surface area (Å²) in [5.41, 5.74) is 2.13. The van der Waals surface area contributed by atoms with E-state index in [0.717, 1.165) is 61.6 Å². The minimum Gasteiger partial charge on any atom is -0.496 e. The first-order valence-electron chi connectivity index (χ1n) is 14.8. The van der Waals surface area contributed by atoms with Crippen LogP contribution in [0.2, 0.25) is 0 Å². The number of methoxy groups -OCH3 is 2. The molecule has 0 heterocycles.